The molecule has 0 aromatic carbocycles. The van der Waals surface area contributed by atoms with Crippen molar-refractivity contribution >= 4 is 32.8 Å². The normalized spacial score (nSPS) is 11.9. The molecule has 0 saturated heterocycles. The van der Waals surface area contributed by atoms with Crippen molar-refractivity contribution in [3.8, 4) is 0 Å². The monoisotopic (exact) mass is 366 g/mol. The van der Waals surface area contributed by atoms with Gasteiger partial charge in [-0.05, 0) is 30.5 Å². The molecule has 3 aromatic heterocycles. The summed E-state index contributed by atoms with van der Waals surface area (Å²) in [6.07, 6.45) is 0.418. The standard InChI is InChI=1S/C14H18N6O2S2/c1-2-24(21,22)16-8-7-14-18-17-13-6-5-12(19-20(13)14)15-10-11-4-3-9-23-11/h3-6,9,16H,2,7-8,10H2,1H3,(H,15,19). The third-order valence-electron chi connectivity index (χ3n) is 3.40. The van der Waals surface area contributed by atoms with Gasteiger partial charge < -0.3 is 5.32 Å². The lowest BCUT2D eigenvalue weighted by Crippen LogP contribution is -2.27. The fraction of sp³-hybridized carbons (Fsp3) is 0.357. The molecule has 3 rings (SSSR count). The fourth-order valence-electron chi connectivity index (χ4n) is 2.09. The van der Waals surface area contributed by atoms with Gasteiger partial charge in [-0.2, -0.15) is 4.52 Å². The molecule has 0 aliphatic rings. The minimum absolute atomic E-state index is 0.0582. The molecule has 0 radical (unpaired) electrons. The molecule has 0 unspecified atom stereocenters. The smallest absolute Gasteiger partial charge is 0.211 e. The van der Waals surface area contributed by atoms with Crippen molar-refractivity contribution in [2.75, 3.05) is 17.6 Å². The van der Waals surface area contributed by atoms with Crippen LogP contribution in [0.2, 0.25) is 0 Å². The lowest BCUT2D eigenvalue weighted by atomic mass is 10.4. The number of fused-ring (bicyclic) bond motifs is 1. The van der Waals surface area contributed by atoms with Crippen LogP contribution >= 0.6 is 11.3 Å². The maximum absolute atomic E-state index is 11.5. The van der Waals surface area contributed by atoms with Crippen LogP contribution in [0.3, 0.4) is 0 Å². The Kier molecular flexibility index (Phi) is 5.07. The summed E-state index contributed by atoms with van der Waals surface area (Å²) in [4.78, 5) is 1.22. The van der Waals surface area contributed by atoms with Crippen LogP contribution in [0, 0.1) is 0 Å². The molecular formula is C14H18N6O2S2. The Morgan fingerprint density at radius 1 is 1.25 bits per heavy atom. The summed E-state index contributed by atoms with van der Waals surface area (Å²) in [5, 5.41) is 17.9. The van der Waals surface area contributed by atoms with Gasteiger partial charge in [0.25, 0.3) is 0 Å². The summed E-state index contributed by atoms with van der Waals surface area (Å²) in [5.74, 6) is 1.39. The average molecular weight is 366 g/mol. The maximum Gasteiger partial charge on any atom is 0.211 e. The van der Waals surface area contributed by atoms with E-state index in [1.807, 2.05) is 23.6 Å². The Hall–Kier alpha value is -2.04. The maximum atomic E-state index is 11.5. The van der Waals surface area contributed by atoms with E-state index in [-0.39, 0.29) is 12.3 Å². The van der Waals surface area contributed by atoms with Crippen LogP contribution in [-0.4, -0.2) is 40.5 Å². The topological polar surface area (TPSA) is 101 Å². The van der Waals surface area contributed by atoms with Gasteiger partial charge in [0, 0.05) is 17.8 Å². The molecular weight excluding hydrogens is 348 g/mol. The summed E-state index contributed by atoms with van der Waals surface area (Å²) in [6, 6.07) is 7.74. The van der Waals surface area contributed by atoms with Gasteiger partial charge in [0.15, 0.2) is 11.5 Å². The van der Waals surface area contributed by atoms with Crippen molar-refractivity contribution < 1.29 is 8.42 Å². The van der Waals surface area contributed by atoms with E-state index in [0.717, 1.165) is 0 Å². The van der Waals surface area contributed by atoms with E-state index in [1.54, 1.807) is 22.8 Å². The van der Waals surface area contributed by atoms with Crippen LogP contribution in [0.5, 0.6) is 0 Å². The second kappa shape index (κ2) is 7.24. The lowest BCUT2D eigenvalue weighted by Gasteiger charge is -2.06. The molecule has 0 spiro atoms. The van der Waals surface area contributed by atoms with E-state index in [0.29, 0.717) is 30.3 Å². The number of thiophene rings is 1. The molecule has 3 heterocycles. The molecule has 0 amide bonds. The first-order valence-electron chi connectivity index (χ1n) is 7.52. The predicted molar refractivity (Wildman–Crippen MR) is 93.6 cm³/mol. The first kappa shape index (κ1) is 16.8. The largest absolute Gasteiger partial charge is 0.364 e. The van der Waals surface area contributed by atoms with E-state index in [4.69, 9.17) is 0 Å². The van der Waals surface area contributed by atoms with Gasteiger partial charge in [0.05, 0.1) is 12.3 Å². The zero-order valence-electron chi connectivity index (χ0n) is 13.1. The summed E-state index contributed by atoms with van der Waals surface area (Å²) in [7, 11) is -3.21. The molecule has 24 heavy (non-hydrogen) atoms. The van der Waals surface area contributed by atoms with Crippen LogP contribution in [0.15, 0.2) is 29.6 Å². The van der Waals surface area contributed by atoms with Crippen molar-refractivity contribution in [2.24, 2.45) is 0 Å². The van der Waals surface area contributed by atoms with Gasteiger partial charge in [-0.3, -0.25) is 0 Å². The average Bonchev–Trinajstić information content (AvgIpc) is 3.22. The third-order valence-corrected chi connectivity index (χ3v) is 5.68. The van der Waals surface area contributed by atoms with Crippen molar-refractivity contribution in [2.45, 2.75) is 19.9 Å². The summed E-state index contributed by atoms with van der Waals surface area (Å²) in [6.45, 7) is 2.57. The number of sulfonamides is 1. The molecule has 0 aliphatic carbocycles. The van der Waals surface area contributed by atoms with Gasteiger partial charge in [-0.25, -0.2) is 13.1 Å². The van der Waals surface area contributed by atoms with Crippen LogP contribution in [-0.2, 0) is 23.0 Å². The second-order valence-electron chi connectivity index (χ2n) is 5.09. The minimum atomic E-state index is -3.21. The Balaban J connectivity index is 1.69. The number of rotatable bonds is 8. The van der Waals surface area contributed by atoms with E-state index in [2.05, 4.69) is 31.4 Å². The molecule has 0 aliphatic heterocycles. The number of nitrogens with zero attached hydrogens (tertiary/aromatic N) is 4. The van der Waals surface area contributed by atoms with E-state index in [1.165, 1.54) is 4.88 Å². The number of hydrogen-bond donors (Lipinski definition) is 2. The highest BCUT2D eigenvalue weighted by Gasteiger charge is 2.10. The van der Waals surface area contributed by atoms with Gasteiger partial charge >= 0.3 is 0 Å². The van der Waals surface area contributed by atoms with Gasteiger partial charge in [-0.15, -0.1) is 26.6 Å². The zero-order valence-corrected chi connectivity index (χ0v) is 14.8. The molecule has 0 fully saturated rings. The molecule has 8 nitrogen and oxygen atoms in total. The van der Waals surface area contributed by atoms with E-state index >= 15 is 0 Å². The van der Waals surface area contributed by atoms with Crippen molar-refractivity contribution in [1.82, 2.24) is 24.5 Å². The highest BCUT2D eigenvalue weighted by molar-refractivity contribution is 7.89. The second-order valence-corrected chi connectivity index (χ2v) is 8.21. The highest BCUT2D eigenvalue weighted by Crippen LogP contribution is 2.12. The molecule has 128 valence electrons. The first-order chi connectivity index (χ1) is 11.6. The van der Waals surface area contributed by atoms with Crippen LogP contribution in [0.25, 0.3) is 5.65 Å². The van der Waals surface area contributed by atoms with Gasteiger partial charge in [0.2, 0.25) is 10.0 Å². The van der Waals surface area contributed by atoms with Gasteiger partial charge in [-0.1, -0.05) is 6.07 Å². The summed E-state index contributed by atoms with van der Waals surface area (Å²) in [5.41, 5.74) is 0.630. The Morgan fingerprint density at radius 3 is 2.88 bits per heavy atom. The number of anilines is 1. The number of hydrogen-bond acceptors (Lipinski definition) is 7. The first-order valence-corrected chi connectivity index (χ1v) is 10.1. The highest BCUT2D eigenvalue weighted by atomic mass is 32.2. The molecule has 3 aromatic rings. The molecule has 0 saturated carbocycles. The molecule has 10 heteroatoms. The fourth-order valence-corrected chi connectivity index (χ4v) is 3.36. The SMILES string of the molecule is CCS(=O)(=O)NCCc1nnc2ccc(NCc3cccs3)nn12. The van der Waals surface area contributed by atoms with Crippen LogP contribution < -0.4 is 10.0 Å². The Morgan fingerprint density at radius 2 is 2.12 bits per heavy atom. The third kappa shape index (κ3) is 4.08. The zero-order chi connectivity index (χ0) is 17.0. The van der Waals surface area contributed by atoms with Crippen LogP contribution in [0.4, 0.5) is 5.82 Å². The predicted octanol–water partition coefficient (Wildman–Crippen LogP) is 1.28. The van der Waals surface area contributed by atoms with Crippen molar-refractivity contribution in [3.05, 3.63) is 40.3 Å². The lowest BCUT2D eigenvalue weighted by molar-refractivity contribution is 0.581. The number of aromatic nitrogens is 4. The van der Waals surface area contributed by atoms with E-state index in [9.17, 15) is 8.42 Å². The quantitative estimate of drug-likeness (QED) is 0.623. The van der Waals surface area contributed by atoms with E-state index < -0.39 is 10.0 Å². The molecule has 0 atom stereocenters. The summed E-state index contributed by atoms with van der Waals surface area (Å²) < 4.78 is 27.1. The van der Waals surface area contributed by atoms with Crippen LogP contribution in [0.1, 0.15) is 17.6 Å². The Labute approximate surface area is 144 Å². The molecule has 2 N–H and O–H groups in total. The number of nitrogens with one attached hydrogen (secondary N) is 2. The minimum Gasteiger partial charge on any atom is -0.364 e. The molecule has 0 bridgehead atoms. The Bertz CT molecular complexity index is 905. The van der Waals surface area contributed by atoms with Gasteiger partial charge in [0.1, 0.15) is 5.82 Å². The summed E-state index contributed by atoms with van der Waals surface area (Å²) >= 11 is 1.68. The van der Waals surface area contributed by atoms with Crippen molar-refractivity contribution in [1.29, 1.82) is 0 Å². The van der Waals surface area contributed by atoms with Crippen molar-refractivity contribution in [3.63, 3.8) is 0 Å².